The van der Waals surface area contributed by atoms with Crippen molar-refractivity contribution in [2.45, 2.75) is 52.0 Å². The lowest BCUT2D eigenvalue weighted by Crippen LogP contribution is -2.33. The van der Waals surface area contributed by atoms with Gasteiger partial charge < -0.3 is 4.52 Å². The predicted octanol–water partition coefficient (Wildman–Crippen LogP) is 2.32. The van der Waals surface area contributed by atoms with Gasteiger partial charge in [-0.15, -0.1) is 10.2 Å². The summed E-state index contributed by atoms with van der Waals surface area (Å²) >= 11 is 0. The van der Waals surface area contributed by atoms with E-state index in [0.29, 0.717) is 24.3 Å². The van der Waals surface area contributed by atoms with E-state index >= 15 is 0 Å². The normalized spacial score (nSPS) is 17.0. The van der Waals surface area contributed by atoms with Gasteiger partial charge in [0.25, 0.3) is 0 Å². The number of hydrogen-bond acceptors (Lipinski definition) is 7. The second kappa shape index (κ2) is 6.51. The Balaban J connectivity index is 1.41. The van der Waals surface area contributed by atoms with Crippen LogP contribution in [0.15, 0.2) is 16.7 Å². The van der Waals surface area contributed by atoms with Crippen molar-refractivity contribution < 1.29 is 4.52 Å². The van der Waals surface area contributed by atoms with Crippen molar-refractivity contribution in [3.63, 3.8) is 0 Å². The molecular formula is C17H23N7O. The molecule has 3 aromatic rings. The second-order valence-electron chi connectivity index (χ2n) is 7.05. The predicted molar refractivity (Wildman–Crippen MR) is 91.2 cm³/mol. The zero-order valence-electron chi connectivity index (χ0n) is 14.9. The summed E-state index contributed by atoms with van der Waals surface area (Å²) in [6.45, 7) is 8.79. The van der Waals surface area contributed by atoms with E-state index in [0.717, 1.165) is 48.9 Å². The topological polar surface area (TPSA) is 85.2 Å². The molecule has 132 valence electrons. The third-order valence-corrected chi connectivity index (χ3v) is 4.73. The third-order valence-electron chi connectivity index (χ3n) is 4.73. The molecule has 0 radical (unpaired) electrons. The first-order valence-corrected chi connectivity index (χ1v) is 8.84. The van der Waals surface area contributed by atoms with E-state index in [4.69, 9.17) is 4.52 Å². The summed E-state index contributed by atoms with van der Waals surface area (Å²) in [5, 5.41) is 17.2. The molecule has 0 saturated carbocycles. The SMILES string of the molecule is Cc1ccc2nnc(C3CCN(Cc4nc(C(C)C)no4)CC3)n2n1. The van der Waals surface area contributed by atoms with Gasteiger partial charge in [-0.1, -0.05) is 19.0 Å². The van der Waals surface area contributed by atoms with Crippen molar-refractivity contribution in [1.82, 2.24) is 34.9 Å². The van der Waals surface area contributed by atoms with Gasteiger partial charge in [-0.2, -0.15) is 14.6 Å². The van der Waals surface area contributed by atoms with Gasteiger partial charge >= 0.3 is 0 Å². The molecule has 0 N–H and O–H groups in total. The van der Waals surface area contributed by atoms with Gasteiger partial charge in [-0.25, -0.2) is 0 Å². The fourth-order valence-corrected chi connectivity index (χ4v) is 3.26. The third kappa shape index (κ3) is 3.26. The van der Waals surface area contributed by atoms with E-state index in [1.807, 2.05) is 23.6 Å². The molecule has 0 atom stereocenters. The van der Waals surface area contributed by atoms with Crippen molar-refractivity contribution in [2.24, 2.45) is 0 Å². The highest BCUT2D eigenvalue weighted by atomic mass is 16.5. The molecule has 4 rings (SSSR count). The molecular weight excluding hydrogens is 318 g/mol. The summed E-state index contributed by atoms with van der Waals surface area (Å²) < 4.78 is 7.25. The van der Waals surface area contributed by atoms with Crippen LogP contribution in [0.1, 0.15) is 61.8 Å². The van der Waals surface area contributed by atoms with Gasteiger partial charge in [-0.3, -0.25) is 4.90 Å². The summed E-state index contributed by atoms with van der Waals surface area (Å²) in [6.07, 6.45) is 2.06. The molecule has 8 nitrogen and oxygen atoms in total. The number of piperidine rings is 1. The average molecular weight is 341 g/mol. The quantitative estimate of drug-likeness (QED) is 0.720. The molecule has 1 saturated heterocycles. The van der Waals surface area contributed by atoms with Crippen molar-refractivity contribution in [3.8, 4) is 0 Å². The first kappa shape index (κ1) is 16.1. The van der Waals surface area contributed by atoms with Crippen LogP contribution in [0.3, 0.4) is 0 Å². The van der Waals surface area contributed by atoms with Gasteiger partial charge in [0.05, 0.1) is 12.2 Å². The summed E-state index contributed by atoms with van der Waals surface area (Å²) in [7, 11) is 0. The zero-order valence-corrected chi connectivity index (χ0v) is 14.9. The minimum atomic E-state index is 0.292. The largest absolute Gasteiger partial charge is 0.338 e. The lowest BCUT2D eigenvalue weighted by atomic mass is 9.96. The van der Waals surface area contributed by atoms with Crippen LogP contribution in [-0.4, -0.2) is 47.9 Å². The standard InChI is InChI=1S/C17H23N7O/c1-11(2)16-18-15(25-22-16)10-23-8-6-13(7-9-23)17-20-19-14-5-4-12(3)21-24(14)17/h4-5,11,13H,6-10H2,1-3H3. The average Bonchev–Trinajstić information content (AvgIpc) is 3.22. The molecule has 4 heterocycles. The van der Waals surface area contributed by atoms with Gasteiger partial charge in [0.1, 0.15) is 0 Å². The second-order valence-corrected chi connectivity index (χ2v) is 7.05. The number of rotatable bonds is 4. The molecule has 8 heteroatoms. The Hall–Kier alpha value is -2.35. The lowest BCUT2D eigenvalue weighted by molar-refractivity contribution is 0.178. The molecule has 0 amide bonds. The van der Waals surface area contributed by atoms with Crippen LogP contribution < -0.4 is 0 Å². The van der Waals surface area contributed by atoms with E-state index in [-0.39, 0.29) is 0 Å². The maximum absolute atomic E-state index is 5.36. The molecule has 0 spiro atoms. The van der Waals surface area contributed by atoms with Crippen molar-refractivity contribution in [2.75, 3.05) is 13.1 Å². The number of hydrogen-bond donors (Lipinski definition) is 0. The number of likely N-dealkylation sites (tertiary alicyclic amines) is 1. The summed E-state index contributed by atoms with van der Waals surface area (Å²) in [4.78, 5) is 6.82. The van der Waals surface area contributed by atoms with Crippen molar-refractivity contribution >= 4 is 5.65 Å². The maximum atomic E-state index is 5.36. The van der Waals surface area contributed by atoms with Crippen molar-refractivity contribution in [3.05, 3.63) is 35.4 Å². The molecule has 0 aromatic carbocycles. The van der Waals surface area contributed by atoms with Crippen LogP contribution in [0.5, 0.6) is 0 Å². The molecule has 0 unspecified atom stereocenters. The Morgan fingerprint density at radius 3 is 2.72 bits per heavy atom. The van der Waals surface area contributed by atoms with Crippen LogP contribution in [-0.2, 0) is 6.54 Å². The number of nitrogens with zero attached hydrogens (tertiary/aromatic N) is 7. The number of fused-ring (bicyclic) bond motifs is 1. The first-order valence-electron chi connectivity index (χ1n) is 8.84. The number of aromatic nitrogens is 6. The van der Waals surface area contributed by atoms with E-state index in [9.17, 15) is 0 Å². The fourth-order valence-electron chi connectivity index (χ4n) is 3.26. The van der Waals surface area contributed by atoms with Crippen molar-refractivity contribution in [1.29, 1.82) is 0 Å². The number of aryl methyl sites for hydroxylation is 1. The minimum Gasteiger partial charge on any atom is -0.338 e. The molecule has 25 heavy (non-hydrogen) atoms. The molecule has 0 bridgehead atoms. The molecule has 3 aromatic heterocycles. The summed E-state index contributed by atoms with van der Waals surface area (Å²) in [5.41, 5.74) is 1.79. The molecule has 0 aliphatic carbocycles. The van der Waals surface area contributed by atoms with Crippen LogP contribution in [0.4, 0.5) is 0 Å². The fraction of sp³-hybridized carbons (Fsp3) is 0.588. The minimum absolute atomic E-state index is 0.292. The maximum Gasteiger partial charge on any atom is 0.240 e. The Labute approximate surface area is 146 Å². The Morgan fingerprint density at radius 2 is 2.00 bits per heavy atom. The highest BCUT2D eigenvalue weighted by molar-refractivity contribution is 5.36. The highest BCUT2D eigenvalue weighted by Crippen LogP contribution is 2.27. The lowest BCUT2D eigenvalue weighted by Gasteiger charge is -2.29. The summed E-state index contributed by atoms with van der Waals surface area (Å²) in [6, 6.07) is 3.93. The molecule has 1 fully saturated rings. The van der Waals surface area contributed by atoms with Gasteiger partial charge in [0.2, 0.25) is 5.89 Å². The van der Waals surface area contributed by atoms with E-state index < -0.39 is 0 Å². The van der Waals surface area contributed by atoms with Gasteiger partial charge in [0, 0.05) is 11.8 Å². The van der Waals surface area contributed by atoms with Crippen LogP contribution >= 0.6 is 0 Å². The van der Waals surface area contributed by atoms with Crippen LogP contribution in [0.25, 0.3) is 5.65 Å². The Morgan fingerprint density at radius 1 is 1.20 bits per heavy atom. The van der Waals surface area contributed by atoms with Crippen LogP contribution in [0.2, 0.25) is 0 Å². The highest BCUT2D eigenvalue weighted by Gasteiger charge is 2.26. The van der Waals surface area contributed by atoms with Crippen LogP contribution in [0, 0.1) is 6.92 Å². The van der Waals surface area contributed by atoms with E-state index in [1.165, 1.54) is 0 Å². The van der Waals surface area contributed by atoms with E-state index in [2.05, 4.69) is 44.2 Å². The van der Waals surface area contributed by atoms with Gasteiger partial charge in [-0.05, 0) is 45.0 Å². The first-order chi connectivity index (χ1) is 12.1. The zero-order chi connectivity index (χ0) is 17.4. The Kier molecular flexibility index (Phi) is 4.20. The monoisotopic (exact) mass is 341 g/mol. The molecule has 1 aliphatic heterocycles. The van der Waals surface area contributed by atoms with Gasteiger partial charge in [0.15, 0.2) is 17.3 Å². The van der Waals surface area contributed by atoms with E-state index in [1.54, 1.807) is 0 Å². The smallest absolute Gasteiger partial charge is 0.240 e. The molecule has 1 aliphatic rings. The Bertz CT molecular complexity index is 861. The summed E-state index contributed by atoms with van der Waals surface area (Å²) in [5.74, 6) is 3.13.